The first-order valence-electron chi connectivity index (χ1n) is 10.4. The molecule has 0 aliphatic heterocycles. The quantitative estimate of drug-likeness (QED) is 0.325. The fraction of sp³-hybridized carbons (Fsp3) is 0.333. The third-order valence-corrected chi connectivity index (χ3v) is 7.03. The van der Waals surface area contributed by atoms with Crippen LogP contribution in [0.15, 0.2) is 58.0 Å². The maximum absolute atomic E-state index is 12.7. The fourth-order valence-electron chi connectivity index (χ4n) is 3.87. The molecular formula is C24H27NO7S. The predicted molar refractivity (Wildman–Crippen MR) is 121 cm³/mol. The number of esters is 1. The lowest BCUT2D eigenvalue weighted by atomic mass is 10.1. The number of carbonyl (C=O) groups is 2. The van der Waals surface area contributed by atoms with Gasteiger partial charge in [-0.1, -0.05) is 18.2 Å². The number of aromatic nitrogens is 1. The Labute approximate surface area is 193 Å². The lowest BCUT2D eigenvalue weighted by Gasteiger charge is -2.17. The molecule has 33 heavy (non-hydrogen) atoms. The molecule has 8 nitrogen and oxygen atoms in total. The Morgan fingerprint density at radius 3 is 2.48 bits per heavy atom. The first-order chi connectivity index (χ1) is 15.7. The van der Waals surface area contributed by atoms with Gasteiger partial charge in [0.15, 0.2) is 16.4 Å². The van der Waals surface area contributed by atoms with Gasteiger partial charge >= 0.3 is 5.97 Å². The summed E-state index contributed by atoms with van der Waals surface area (Å²) in [6, 6.07) is 11.1. The Balaban J connectivity index is 1.70. The Morgan fingerprint density at radius 1 is 1.12 bits per heavy atom. The standard InChI is InChI=1S/C24H27NO7S/c1-16-12-21(18(3)25(16)17(2)13-30-4)22(26)14-32-24(27)23-19(10-11-31-23)15-33(28,29)20-8-6-5-7-9-20/h5-12,17H,13-15H2,1-4H3. The number of hydrogen-bond donors (Lipinski definition) is 0. The highest BCUT2D eigenvalue weighted by Gasteiger charge is 2.25. The van der Waals surface area contributed by atoms with E-state index in [9.17, 15) is 18.0 Å². The molecule has 0 saturated heterocycles. The van der Waals surface area contributed by atoms with Crippen LogP contribution in [-0.2, 0) is 25.1 Å². The topological polar surface area (TPSA) is 105 Å². The van der Waals surface area contributed by atoms with Gasteiger partial charge in [0, 0.05) is 29.6 Å². The summed E-state index contributed by atoms with van der Waals surface area (Å²) in [5.74, 6) is -1.92. The van der Waals surface area contributed by atoms with Crippen LogP contribution in [0.2, 0.25) is 0 Å². The van der Waals surface area contributed by atoms with Crippen molar-refractivity contribution in [1.29, 1.82) is 0 Å². The molecule has 0 aliphatic rings. The Morgan fingerprint density at radius 2 is 1.82 bits per heavy atom. The van der Waals surface area contributed by atoms with Crippen LogP contribution < -0.4 is 0 Å². The van der Waals surface area contributed by atoms with E-state index < -0.39 is 28.2 Å². The van der Waals surface area contributed by atoms with E-state index in [1.54, 1.807) is 31.4 Å². The Hall–Kier alpha value is -3.17. The number of furan rings is 1. The van der Waals surface area contributed by atoms with Gasteiger partial charge in [0.25, 0.3) is 0 Å². The molecule has 176 valence electrons. The first-order valence-corrected chi connectivity index (χ1v) is 12.0. The molecule has 0 aliphatic carbocycles. The number of Topliss-reactive ketones (excluding diaryl/α,β-unsaturated/α-hetero) is 1. The molecule has 0 fully saturated rings. The second kappa shape index (κ2) is 10.2. The SMILES string of the molecule is COCC(C)n1c(C)cc(C(=O)COC(=O)c2occc2CS(=O)(=O)c2ccccc2)c1C. The van der Waals surface area contributed by atoms with Crippen LogP contribution in [-0.4, -0.2) is 45.1 Å². The van der Waals surface area contributed by atoms with Gasteiger partial charge in [-0.3, -0.25) is 4.79 Å². The van der Waals surface area contributed by atoms with E-state index in [2.05, 4.69) is 0 Å². The Kier molecular flexibility index (Phi) is 7.55. The molecule has 3 rings (SSSR count). The van der Waals surface area contributed by atoms with Crippen LogP contribution in [0.4, 0.5) is 0 Å². The van der Waals surface area contributed by atoms with Gasteiger partial charge < -0.3 is 18.5 Å². The fourth-order valence-corrected chi connectivity index (χ4v) is 5.25. The normalized spacial score (nSPS) is 12.5. The summed E-state index contributed by atoms with van der Waals surface area (Å²) in [5, 5.41) is 0. The first kappa shape index (κ1) is 24.5. The van der Waals surface area contributed by atoms with Gasteiger partial charge in [0.05, 0.1) is 29.6 Å². The van der Waals surface area contributed by atoms with Gasteiger partial charge in [-0.2, -0.15) is 0 Å². The summed E-state index contributed by atoms with van der Waals surface area (Å²) in [4.78, 5) is 25.4. The maximum Gasteiger partial charge on any atom is 0.374 e. The molecule has 0 saturated carbocycles. The van der Waals surface area contributed by atoms with E-state index in [0.717, 1.165) is 11.4 Å². The van der Waals surface area contributed by atoms with Crippen LogP contribution in [0, 0.1) is 13.8 Å². The molecule has 2 aromatic heterocycles. The van der Waals surface area contributed by atoms with Crippen molar-refractivity contribution in [3.8, 4) is 0 Å². The molecule has 3 aromatic rings. The monoisotopic (exact) mass is 473 g/mol. The minimum absolute atomic E-state index is 0.0383. The summed E-state index contributed by atoms with van der Waals surface area (Å²) in [6.45, 7) is 5.71. The zero-order chi connectivity index (χ0) is 24.2. The van der Waals surface area contributed by atoms with Gasteiger partial charge in [-0.25, -0.2) is 13.2 Å². The average Bonchev–Trinajstić information content (AvgIpc) is 3.35. The molecule has 0 N–H and O–H groups in total. The lowest BCUT2D eigenvalue weighted by molar-refractivity contribution is 0.0442. The van der Waals surface area contributed by atoms with Gasteiger partial charge in [0.2, 0.25) is 11.5 Å². The number of ether oxygens (including phenoxy) is 2. The number of hydrogen-bond acceptors (Lipinski definition) is 7. The van der Waals surface area contributed by atoms with Crippen molar-refractivity contribution in [2.24, 2.45) is 0 Å². The van der Waals surface area contributed by atoms with Crippen LogP contribution in [0.5, 0.6) is 0 Å². The van der Waals surface area contributed by atoms with E-state index in [1.165, 1.54) is 24.5 Å². The minimum atomic E-state index is -3.68. The van der Waals surface area contributed by atoms with E-state index in [1.807, 2.05) is 25.3 Å². The molecule has 1 aromatic carbocycles. The highest BCUT2D eigenvalue weighted by molar-refractivity contribution is 7.90. The van der Waals surface area contributed by atoms with Crippen LogP contribution in [0.25, 0.3) is 0 Å². The number of methoxy groups -OCH3 is 1. The zero-order valence-electron chi connectivity index (χ0n) is 19.0. The highest BCUT2D eigenvalue weighted by atomic mass is 32.2. The molecule has 0 bridgehead atoms. The number of sulfone groups is 1. The number of benzene rings is 1. The summed E-state index contributed by atoms with van der Waals surface area (Å²) in [6.07, 6.45) is 1.22. The number of carbonyl (C=O) groups excluding carboxylic acids is 2. The second-order valence-electron chi connectivity index (χ2n) is 7.81. The van der Waals surface area contributed by atoms with Crippen molar-refractivity contribution in [2.45, 2.75) is 37.5 Å². The zero-order valence-corrected chi connectivity index (χ0v) is 19.8. The molecule has 0 amide bonds. The van der Waals surface area contributed by atoms with Crippen LogP contribution in [0.3, 0.4) is 0 Å². The van der Waals surface area contributed by atoms with E-state index >= 15 is 0 Å². The van der Waals surface area contributed by atoms with E-state index in [-0.39, 0.29) is 28.0 Å². The van der Waals surface area contributed by atoms with Crippen molar-refractivity contribution in [1.82, 2.24) is 4.57 Å². The van der Waals surface area contributed by atoms with Gasteiger partial charge in [-0.05, 0) is 45.0 Å². The number of rotatable bonds is 10. The third kappa shape index (κ3) is 5.43. The molecule has 2 heterocycles. The van der Waals surface area contributed by atoms with E-state index in [4.69, 9.17) is 13.9 Å². The van der Waals surface area contributed by atoms with Crippen molar-refractivity contribution >= 4 is 21.6 Å². The highest BCUT2D eigenvalue weighted by Crippen LogP contribution is 2.23. The molecule has 1 unspecified atom stereocenters. The third-order valence-electron chi connectivity index (χ3n) is 5.35. The predicted octanol–water partition coefficient (Wildman–Crippen LogP) is 3.92. The van der Waals surface area contributed by atoms with Crippen LogP contribution >= 0.6 is 0 Å². The van der Waals surface area contributed by atoms with Crippen molar-refractivity contribution in [3.05, 3.63) is 77.0 Å². The van der Waals surface area contributed by atoms with Gasteiger partial charge in [-0.15, -0.1) is 0 Å². The summed E-state index contributed by atoms with van der Waals surface area (Å²) in [7, 11) is -2.07. The summed E-state index contributed by atoms with van der Waals surface area (Å²) in [5.41, 5.74) is 2.27. The van der Waals surface area contributed by atoms with Crippen molar-refractivity contribution in [3.63, 3.8) is 0 Å². The van der Waals surface area contributed by atoms with Crippen molar-refractivity contribution < 1.29 is 31.9 Å². The number of ketones is 1. The maximum atomic E-state index is 12.7. The van der Waals surface area contributed by atoms with Crippen molar-refractivity contribution in [2.75, 3.05) is 20.3 Å². The smallest absolute Gasteiger partial charge is 0.374 e. The van der Waals surface area contributed by atoms with Crippen LogP contribution in [0.1, 0.15) is 50.8 Å². The number of nitrogens with zero attached hydrogens (tertiary/aromatic N) is 1. The summed E-state index contributed by atoms with van der Waals surface area (Å²) >= 11 is 0. The average molecular weight is 474 g/mol. The Bertz CT molecular complexity index is 1240. The largest absolute Gasteiger partial charge is 0.457 e. The van der Waals surface area contributed by atoms with E-state index in [0.29, 0.717) is 12.2 Å². The molecule has 9 heteroatoms. The van der Waals surface area contributed by atoms with Gasteiger partial charge in [0.1, 0.15) is 0 Å². The number of aryl methyl sites for hydroxylation is 1. The molecule has 0 spiro atoms. The second-order valence-corrected chi connectivity index (χ2v) is 9.80. The molecule has 0 radical (unpaired) electrons. The molecular weight excluding hydrogens is 446 g/mol. The summed E-state index contributed by atoms with van der Waals surface area (Å²) < 4.78 is 42.8. The minimum Gasteiger partial charge on any atom is -0.457 e. The molecule has 1 atom stereocenters. The lowest BCUT2D eigenvalue weighted by Crippen LogP contribution is -2.17.